The van der Waals surface area contributed by atoms with Crippen LogP contribution in [-0.4, -0.2) is 30.4 Å². The Morgan fingerprint density at radius 3 is 2.53 bits per heavy atom. The Hall–Kier alpha value is -2.57. The molecule has 0 atom stereocenters. The van der Waals surface area contributed by atoms with Gasteiger partial charge in [-0.05, 0) is 18.6 Å². The number of hydrogen-bond donors (Lipinski definition) is 2. The molecule has 1 aromatic rings. The van der Waals surface area contributed by atoms with Gasteiger partial charge in [0, 0.05) is 0 Å². The Morgan fingerprint density at radius 2 is 2.00 bits per heavy atom. The van der Waals surface area contributed by atoms with Crippen LogP contribution in [0.5, 0.6) is 0 Å². The number of para-hydroxylation sites is 1. The molecular formula is C13H15N5O. The van der Waals surface area contributed by atoms with Gasteiger partial charge in [-0.3, -0.25) is 9.69 Å². The molecule has 0 unspecified atom stereocenters. The minimum atomic E-state index is -0.300. The van der Waals surface area contributed by atoms with Gasteiger partial charge in [0.2, 0.25) is 5.91 Å². The Balaban J connectivity index is 2.70. The number of carbonyl (C=O) groups is 1. The summed E-state index contributed by atoms with van der Waals surface area (Å²) in [7, 11) is 0. The van der Waals surface area contributed by atoms with Gasteiger partial charge in [0.05, 0.1) is 43.1 Å². The normalized spacial score (nSPS) is 9.68. The molecule has 1 aromatic carbocycles. The van der Waals surface area contributed by atoms with E-state index in [2.05, 4.69) is 5.32 Å². The standard InChI is InChI=1S/C13H15N5O/c1-10-3-2-4-11(16)13(10)17-12(19)9-18(7-5-14)8-6-15/h2-4H,7-9,16H2,1H3,(H,17,19). The maximum absolute atomic E-state index is 11.8. The van der Waals surface area contributed by atoms with Crippen LogP contribution >= 0.6 is 0 Å². The highest BCUT2D eigenvalue weighted by Gasteiger charge is 2.12. The van der Waals surface area contributed by atoms with Crippen molar-refractivity contribution in [1.82, 2.24) is 4.90 Å². The Morgan fingerprint density at radius 1 is 1.37 bits per heavy atom. The van der Waals surface area contributed by atoms with Crippen LogP contribution in [-0.2, 0) is 4.79 Å². The van der Waals surface area contributed by atoms with Crippen molar-refractivity contribution in [2.24, 2.45) is 0 Å². The first kappa shape index (κ1) is 14.5. The molecule has 0 radical (unpaired) electrons. The second-order valence-electron chi connectivity index (χ2n) is 4.05. The molecule has 0 heterocycles. The molecule has 98 valence electrons. The fourth-order valence-corrected chi connectivity index (χ4v) is 1.61. The molecule has 0 aliphatic carbocycles. The van der Waals surface area contributed by atoms with Crippen LogP contribution in [0, 0.1) is 29.6 Å². The van der Waals surface area contributed by atoms with Crippen molar-refractivity contribution in [3.63, 3.8) is 0 Å². The Bertz CT molecular complexity index is 505. The third-order valence-corrected chi connectivity index (χ3v) is 2.53. The molecule has 1 rings (SSSR count). The van der Waals surface area contributed by atoms with Crippen LogP contribution in [0.3, 0.4) is 0 Å². The lowest BCUT2D eigenvalue weighted by Crippen LogP contribution is -2.34. The summed E-state index contributed by atoms with van der Waals surface area (Å²) in [6, 6.07) is 9.17. The molecule has 1 amide bonds. The molecule has 3 N–H and O–H groups in total. The number of nitrogen functional groups attached to an aromatic ring is 1. The van der Waals surface area contributed by atoms with E-state index >= 15 is 0 Å². The van der Waals surface area contributed by atoms with Crippen molar-refractivity contribution in [2.75, 3.05) is 30.7 Å². The first-order valence-corrected chi connectivity index (χ1v) is 5.69. The Labute approximate surface area is 112 Å². The van der Waals surface area contributed by atoms with Gasteiger partial charge in [0.15, 0.2) is 0 Å². The van der Waals surface area contributed by atoms with Crippen molar-refractivity contribution in [3.05, 3.63) is 23.8 Å². The number of nitriles is 2. The monoisotopic (exact) mass is 257 g/mol. The highest BCUT2D eigenvalue weighted by atomic mass is 16.2. The van der Waals surface area contributed by atoms with Crippen molar-refractivity contribution in [3.8, 4) is 12.1 Å². The number of nitrogens with one attached hydrogen (secondary N) is 1. The summed E-state index contributed by atoms with van der Waals surface area (Å²) in [6.45, 7) is 1.89. The van der Waals surface area contributed by atoms with Gasteiger partial charge >= 0.3 is 0 Å². The van der Waals surface area contributed by atoms with Crippen LogP contribution in [0.2, 0.25) is 0 Å². The first-order valence-electron chi connectivity index (χ1n) is 5.69. The van der Waals surface area contributed by atoms with Crippen LogP contribution in [0.15, 0.2) is 18.2 Å². The fourth-order valence-electron chi connectivity index (χ4n) is 1.61. The molecule has 0 aliphatic rings. The summed E-state index contributed by atoms with van der Waals surface area (Å²) in [6.07, 6.45) is 0. The number of nitrogens with zero attached hydrogens (tertiary/aromatic N) is 3. The molecule has 0 saturated carbocycles. The summed E-state index contributed by atoms with van der Waals surface area (Å²) >= 11 is 0. The summed E-state index contributed by atoms with van der Waals surface area (Å²) in [5.41, 5.74) is 7.70. The van der Waals surface area contributed by atoms with Crippen LogP contribution < -0.4 is 11.1 Å². The molecule has 0 spiro atoms. The summed E-state index contributed by atoms with van der Waals surface area (Å²) in [5, 5.41) is 19.9. The maximum Gasteiger partial charge on any atom is 0.238 e. The number of aryl methyl sites for hydroxylation is 1. The van der Waals surface area contributed by atoms with Gasteiger partial charge in [-0.25, -0.2) is 0 Å². The highest BCUT2D eigenvalue weighted by Crippen LogP contribution is 2.22. The largest absolute Gasteiger partial charge is 0.397 e. The van der Waals surface area contributed by atoms with Gasteiger partial charge < -0.3 is 11.1 Å². The molecule has 0 aromatic heterocycles. The van der Waals surface area contributed by atoms with Crippen LogP contribution in [0.1, 0.15) is 5.56 Å². The predicted octanol–water partition coefficient (Wildman–Crippen LogP) is 0.865. The van der Waals surface area contributed by atoms with Gasteiger partial charge in [-0.15, -0.1) is 0 Å². The van der Waals surface area contributed by atoms with Crippen molar-refractivity contribution in [1.29, 1.82) is 10.5 Å². The maximum atomic E-state index is 11.8. The molecule has 0 bridgehead atoms. The first-order chi connectivity index (χ1) is 9.08. The lowest BCUT2D eigenvalue weighted by atomic mass is 10.1. The van der Waals surface area contributed by atoms with E-state index in [1.54, 1.807) is 12.1 Å². The average molecular weight is 257 g/mol. The predicted molar refractivity (Wildman–Crippen MR) is 71.9 cm³/mol. The second kappa shape index (κ2) is 7.00. The number of amides is 1. The lowest BCUT2D eigenvalue weighted by molar-refractivity contribution is -0.117. The molecule has 0 aliphatic heterocycles. The summed E-state index contributed by atoms with van der Waals surface area (Å²) in [4.78, 5) is 13.3. The van der Waals surface area contributed by atoms with Crippen LogP contribution in [0.4, 0.5) is 11.4 Å². The minimum Gasteiger partial charge on any atom is -0.397 e. The molecule has 0 saturated heterocycles. The molecule has 6 nitrogen and oxygen atoms in total. The number of nitrogens with two attached hydrogens (primary N) is 1. The zero-order valence-corrected chi connectivity index (χ0v) is 10.7. The average Bonchev–Trinajstić information content (AvgIpc) is 2.35. The fraction of sp³-hybridized carbons (Fsp3) is 0.308. The number of anilines is 2. The zero-order valence-electron chi connectivity index (χ0n) is 10.7. The van der Waals surface area contributed by atoms with Gasteiger partial charge in [-0.2, -0.15) is 10.5 Å². The minimum absolute atomic E-state index is 0.0190. The smallest absolute Gasteiger partial charge is 0.238 e. The number of rotatable bonds is 5. The van der Waals surface area contributed by atoms with E-state index in [4.69, 9.17) is 16.3 Å². The topological polar surface area (TPSA) is 106 Å². The van der Waals surface area contributed by atoms with E-state index in [9.17, 15) is 4.79 Å². The second-order valence-corrected chi connectivity index (χ2v) is 4.05. The summed E-state index contributed by atoms with van der Waals surface area (Å²) < 4.78 is 0. The number of benzene rings is 1. The Kier molecular flexibility index (Phi) is 5.34. The van der Waals surface area contributed by atoms with Gasteiger partial charge in [-0.1, -0.05) is 12.1 Å². The van der Waals surface area contributed by atoms with Gasteiger partial charge in [0.25, 0.3) is 0 Å². The van der Waals surface area contributed by atoms with Crippen LogP contribution in [0.25, 0.3) is 0 Å². The quantitative estimate of drug-likeness (QED) is 0.601. The zero-order chi connectivity index (χ0) is 14.3. The van der Waals surface area contributed by atoms with E-state index in [0.29, 0.717) is 11.4 Å². The van der Waals surface area contributed by atoms with Gasteiger partial charge in [0.1, 0.15) is 0 Å². The summed E-state index contributed by atoms with van der Waals surface area (Å²) in [5.74, 6) is -0.300. The lowest BCUT2D eigenvalue weighted by Gasteiger charge is -2.16. The van der Waals surface area contributed by atoms with E-state index in [1.165, 1.54) is 4.90 Å². The number of hydrogen-bond acceptors (Lipinski definition) is 5. The van der Waals surface area contributed by atoms with E-state index in [0.717, 1.165) is 5.56 Å². The molecule has 0 fully saturated rings. The van der Waals surface area contributed by atoms with Crippen molar-refractivity contribution in [2.45, 2.75) is 6.92 Å². The SMILES string of the molecule is Cc1cccc(N)c1NC(=O)CN(CC#N)CC#N. The van der Waals surface area contributed by atoms with E-state index in [1.807, 2.05) is 25.1 Å². The third-order valence-electron chi connectivity index (χ3n) is 2.53. The molecule has 19 heavy (non-hydrogen) atoms. The van der Waals surface area contributed by atoms with E-state index in [-0.39, 0.29) is 25.5 Å². The van der Waals surface area contributed by atoms with Crippen molar-refractivity contribution < 1.29 is 4.79 Å². The number of carbonyl (C=O) groups excluding carboxylic acids is 1. The third kappa shape index (κ3) is 4.30. The highest BCUT2D eigenvalue weighted by molar-refractivity contribution is 5.96. The van der Waals surface area contributed by atoms with E-state index < -0.39 is 0 Å². The molecular weight excluding hydrogens is 242 g/mol. The van der Waals surface area contributed by atoms with Crippen molar-refractivity contribution >= 4 is 17.3 Å². The molecule has 6 heteroatoms.